The van der Waals surface area contributed by atoms with Crippen LogP contribution in [-0.2, 0) is 0 Å². The van der Waals surface area contributed by atoms with E-state index < -0.39 is 0 Å². The Balaban J connectivity index is 2.70. The lowest BCUT2D eigenvalue weighted by Crippen LogP contribution is -2.05. The van der Waals surface area contributed by atoms with E-state index in [0.29, 0.717) is 11.8 Å². The number of rotatable bonds is 4. The minimum Gasteiger partial charge on any atom is -0.493 e. The highest BCUT2D eigenvalue weighted by atomic mass is 35.5. The van der Waals surface area contributed by atoms with Crippen LogP contribution >= 0.6 is 11.6 Å². The van der Waals surface area contributed by atoms with Gasteiger partial charge in [0.1, 0.15) is 5.75 Å². The molecule has 17 heavy (non-hydrogen) atoms. The van der Waals surface area contributed by atoms with Gasteiger partial charge >= 0.3 is 0 Å². The van der Waals surface area contributed by atoms with Gasteiger partial charge in [0, 0.05) is 17.9 Å². The van der Waals surface area contributed by atoms with Gasteiger partial charge in [-0.15, -0.1) is 11.6 Å². The number of benzene rings is 1. The second kappa shape index (κ2) is 7.25. The fourth-order valence-corrected chi connectivity index (χ4v) is 1.45. The predicted octanol–water partition coefficient (Wildman–Crippen LogP) is 4.01. The van der Waals surface area contributed by atoms with Gasteiger partial charge in [0.2, 0.25) is 0 Å². The lowest BCUT2D eigenvalue weighted by atomic mass is 10.1. The van der Waals surface area contributed by atoms with Gasteiger partial charge in [0.15, 0.2) is 0 Å². The van der Waals surface area contributed by atoms with Gasteiger partial charge in [-0.25, -0.2) is 0 Å². The van der Waals surface area contributed by atoms with E-state index in [1.54, 1.807) is 0 Å². The van der Waals surface area contributed by atoms with E-state index >= 15 is 0 Å². The smallest absolute Gasteiger partial charge is 0.122 e. The van der Waals surface area contributed by atoms with Crippen LogP contribution in [0.4, 0.5) is 0 Å². The summed E-state index contributed by atoms with van der Waals surface area (Å²) in [5.41, 5.74) is 2.15. The first-order valence-corrected chi connectivity index (χ1v) is 6.45. The van der Waals surface area contributed by atoms with Crippen LogP contribution in [0.5, 0.6) is 5.75 Å². The second-order valence-electron chi connectivity index (χ2n) is 4.43. The summed E-state index contributed by atoms with van der Waals surface area (Å²) in [5.74, 6) is 8.18. The van der Waals surface area contributed by atoms with E-state index in [9.17, 15) is 0 Å². The van der Waals surface area contributed by atoms with Gasteiger partial charge in [-0.3, -0.25) is 0 Å². The van der Waals surface area contributed by atoms with Gasteiger partial charge < -0.3 is 4.74 Å². The zero-order chi connectivity index (χ0) is 12.7. The molecule has 0 bridgehead atoms. The third-order valence-corrected chi connectivity index (χ3v) is 2.39. The van der Waals surface area contributed by atoms with Crippen molar-refractivity contribution in [2.45, 2.75) is 27.2 Å². The zero-order valence-electron chi connectivity index (χ0n) is 10.7. The topological polar surface area (TPSA) is 9.23 Å². The van der Waals surface area contributed by atoms with Crippen molar-refractivity contribution >= 4 is 11.6 Å². The van der Waals surface area contributed by atoms with E-state index in [0.717, 1.165) is 29.9 Å². The van der Waals surface area contributed by atoms with Crippen LogP contribution in [0.25, 0.3) is 0 Å². The van der Waals surface area contributed by atoms with E-state index in [1.807, 2.05) is 19.1 Å². The SMILES string of the molecule is Cc1cc(C#CCCCl)ccc1OCC(C)C. The highest BCUT2D eigenvalue weighted by Crippen LogP contribution is 2.19. The molecule has 0 saturated heterocycles. The van der Waals surface area contributed by atoms with Gasteiger partial charge in [0.05, 0.1) is 6.61 Å². The third kappa shape index (κ3) is 5.15. The summed E-state index contributed by atoms with van der Waals surface area (Å²) in [4.78, 5) is 0. The average Bonchev–Trinajstić information content (AvgIpc) is 2.28. The second-order valence-corrected chi connectivity index (χ2v) is 4.80. The molecule has 0 amide bonds. The molecule has 1 nitrogen and oxygen atoms in total. The monoisotopic (exact) mass is 250 g/mol. The van der Waals surface area contributed by atoms with Crippen molar-refractivity contribution in [1.29, 1.82) is 0 Å². The molecular formula is C15H19ClO. The van der Waals surface area contributed by atoms with Crippen molar-refractivity contribution in [2.75, 3.05) is 12.5 Å². The molecule has 0 spiro atoms. The molecule has 1 aromatic carbocycles. The van der Waals surface area contributed by atoms with Crippen molar-refractivity contribution in [2.24, 2.45) is 5.92 Å². The van der Waals surface area contributed by atoms with Gasteiger partial charge in [-0.1, -0.05) is 25.7 Å². The summed E-state index contributed by atoms with van der Waals surface area (Å²) >= 11 is 5.57. The minimum atomic E-state index is 0.539. The molecule has 2 heteroatoms. The highest BCUT2D eigenvalue weighted by molar-refractivity contribution is 6.18. The Kier molecular flexibility index (Phi) is 5.94. The molecule has 0 aliphatic heterocycles. The minimum absolute atomic E-state index is 0.539. The molecule has 92 valence electrons. The fraction of sp³-hybridized carbons (Fsp3) is 0.467. The van der Waals surface area contributed by atoms with Gasteiger partial charge in [-0.2, -0.15) is 0 Å². The molecule has 0 aliphatic rings. The van der Waals surface area contributed by atoms with E-state index in [2.05, 4.69) is 31.8 Å². The molecule has 0 radical (unpaired) electrons. The summed E-state index contributed by atoms with van der Waals surface area (Å²) in [6.07, 6.45) is 0.728. The zero-order valence-corrected chi connectivity index (χ0v) is 11.5. The van der Waals surface area contributed by atoms with E-state index in [4.69, 9.17) is 16.3 Å². The molecule has 1 aromatic rings. The summed E-state index contributed by atoms with van der Waals surface area (Å²) in [5, 5.41) is 0. The normalized spacial score (nSPS) is 9.94. The van der Waals surface area contributed by atoms with E-state index in [1.165, 1.54) is 0 Å². The Morgan fingerprint density at radius 1 is 1.35 bits per heavy atom. The molecule has 0 unspecified atom stereocenters. The average molecular weight is 251 g/mol. The van der Waals surface area contributed by atoms with Crippen molar-refractivity contribution in [1.82, 2.24) is 0 Å². The maximum atomic E-state index is 5.71. The van der Waals surface area contributed by atoms with Crippen LogP contribution in [0.3, 0.4) is 0 Å². The lowest BCUT2D eigenvalue weighted by molar-refractivity contribution is 0.269. The van der Waals surface area contributed by atoms with Crippen LogP contribution in [-0.4, -0.2) is 12.5 Å². The standard InChI is InChI=1S/C15H19ClO/c1-12(2)11-17-15-8-7-14(10-13(15)3)6-4-5-9-16/h7-8,10,12H,5,9,11H2,1-3H3. The Labute approximate surface area is 109 Å². The number of alkyl halides is 1. The molecule has 0 N–H and O–H groups in total. The molecule has 0 fully saturated rings. The number of hydrogen-bond donors (Lipinski definition) is 0. The molecule has 0 saturated carbocycles. The Morgan fingerprint density at radius 3 is 2.71 bits per heavy atom. The van der Waals surface area contributed by atoms with Crippen molar-refractivity contribution in [3.05, 3.63) is 29.3 Å². The van der Waals surface area contributed by atoms with Crippen LogP contribution in [0.2, 0.25) is 0 Å². The first-order chi connectivity index (χ1) is 8.13. The Bertz CT molecular complexity index is 413. The number of aryl methyl sites for hydroxylation is 1. The lowest BCUT2D eigenvalue weighted by Gasteiger charge is -2.11. The van der Waals surface area contributed by atoms with Gasteiger partial charge in [-0.05, 0) is 36.6 Å². The summed E-state index contributed by atoms with van der Waals surface area (Å²) in [7, 11) is 0. The summed E-state index contributed by atoms with van der Waals surface area (Å²) < 4.78 is 5.71. The first-order valence-electron chi connectivity index (χ1n) is 5.91. The molecule has 0 atom stereocenters. The summed E-state index contributed by atoms with van der Waals surface area (Å²) in [6.45, 7) is 7.07. The van der Waals surface area contributed by atoms with Crippen LogP contribution < -0.4 is 4.74 Å². The van der Waals surface area contributed by atoms with Crippen LogP contribution in [0.1, 0.15) is 31.4 Å². The molecule has 1 rings (SSSR count). The molecular weight excluding hydrogens is 232 g/mol. The molecule has 0 aromatic heterocycles. The summed E-state index contributed by atoms with van der Waals surface area (Å²) in [6, 6.07) is 6.03. The van der Waals surface area contributed by atoms with Gasteiger partial charge in [0.25, 0.3) is 0 Å². The Morgan fingerprint density at radius 2 is 2.12 bits per heavy atom. The van der Waals surface area contributed by atoms with Crippen molar-refractivity contribution < 1.29 is 4.74 Å². The van der Waals surface area contributed by atoms with Crippen molar-refractivity contribution in [3.8, 4) is 17.6 Å². The predicted molar refractivity (Wildman–Crippen MR) is 73.7 cm³/mol. The number of ether oxygens (including phenoxy) is 1. The van der Waals surface area contributed by atoms with Crippen molar-refractivity contribution in [3.63, 3.8) is 0 Å². The van der Waals surface area contributed by atoms with E-state index in [-0.39, 0.29) is 0 Å². The largest absolute Gasteiger partial charge is 0.493 e. The number of halogens is 1. The Hall–Kier alpha value is -1.13. The first kappa shape index (κ1) is 13.9. The van der Waals surface area contributed by atoms with Crippen LogP contribution in [0, 0.1) is 24.7 Å². The maximum Gasteiger partial charge on any atom is 0.122 e. The highest BCUT2D eigenvalue weighted by Gasteiger charge is 2.01. The maximum absolute atomic E-state index is 5.71. The fourth-order valence-electron chi connectivity index (χ4n) is 1.36. The molecule has 0 heterocycles. The third-order valence-electron chi connectivity index (χ3n) is 2.20. The quantitative estimate of drug-likeness (QED) is 0.580. The van der Waals surface area contributed by atoms with Crippen LogP contribution in [0.15, 0.2) is 18.2 Å². The molecule has 0 aliphatic carbocycles. The number of hydrogen-bond acceptors (Lipinski definition) is 1.